The first kappa shape index (κ1) is 9.15. The molecule has 0 radical (unpaired) electrons. The van der Waals surface area contributed by atoms with E-state index >= 15 is 0 Å². The van der Waals surface area contributed by atoms with Crippen LogP contribution in [-0.2, 0) is 19.1 Å². The molecule has 0 aromatic heterocycles. The molecule has 1 N–H and O–H groups in total. The van der Waals surface area contributed by atoms with Crippen LogP contribution >= 0.6 is 0 Å². The number of hydrogen-bond donors (Lipinski definition) is 1. The number of fused-ring (bicyclic) bond motifs is 1. The van der Waals surface area contributed by atoms with E-state index in [0.29, 0.717) is 12.8 Å². The van der Waals surface area contributed by atoms with Crippen LogP contribution in [0.5, 0.6) is 0 Å². The Morgan fingerprint density at radius 1 is 1.67 bits per heavy atom. The maximum Gasteiger partial charge on any atom is 0.324 e. The maximum absolute atomic E-state index is 11.7. The van der Waals surface area contributed by atoms with Gasteiger partial charge < -0.3 is 14.6 Å². The third kappa shape index (κ3) is 0.795. The van der Waals surface area contributed by atoms with Crippen molar-refractivity contribution in [3.05, 3.63) is 0 Å². The van der Waals surface area contributed by atoms with Gasteiger partial charge in [0.1, 0.15) is 6.10 Å². The summed E-state index contributed by atoms with van der Waals surface area (Å²) in [7, 11) is 1.28. The monoisotopic (exact) mass is 212 g/mol. The van der Waals surface area contributed by atoms with Crippen molar-refractivity contribution in [1.82, 2.24) is 0 Å². The molecule has 1 saturated heterocycles. The van der Waals surface area contributed by atoms with Gasteiger partial charge in [-0.1, -0.05) is 0 Å². The number of aliphatic hydroxyl groups is 1. The highest BCUT2D eigenvalue weighted by atomic mass is 16.6. The second kappa shape index (κ2) is 2.52. The number of methoxy groups -OCH3 is 1. The maximum atomic E-state index is 11.7. The molecule has 82 valence electrons. The second-order valence-corrected chi connectivity index (χ2v) is 4.63. The zero-order valence-corrected chi connectivity index (χ0v) is 8.30. The van der Waals surface area contributed by atoms with E-state index in [2.05, 4.69) is 0 Å². The summed E-state index contributed by atoms with van der Waals surface area (Å²) < 4.78 is 9.78. The Balaban J connectivity index is 2.06. The first-order valence-electron chi connectivity index (χ1n) is 5.09. The molecule has 15 heavy (non-hydrogen) atoms. The summed E-state index contributed by atoms with van der Waals surface area (Å²) in [4.78, 5) is 23.4. The van der Waals surface area contributed by atoms with Crippen molar-refractivity contribution in [3.8, 4) is 0 Å². The van der Waals surface area contributed by atoms with Crippen LogP contribution in [-0.4, -0.2) is 36.4 Å². The number of ether oxygens (including phenoxy) is 2. The average molecular weight is 212 g/mol. The van der Waals surface area contributed by atoms with Crippen molar-refractivity contribution in [2.75, 3.05) is 7.11 Å². The fourth-order valence-corrected chi connectivity index (χ4v) is 3.47. The minimum atomic E-state index is -1.11. The van der Waals surface area contributed by atoms with E-state index in [1.807, 2.05) is 0 Å². The largest absolute Gasteiger partial charge is 0.468 e. The Bertz CT molecular complexity index is 352. The summed E-state index contributed by atoms with van der Waals surface area (Å²) in [6, 6.07) is 0. The van der Waals surface area contributed by atoms with Crippen LogP contribution in [0.15, 0.2) is 0 Å². The lowest BCUT2D eigenvalue weighted by atomic mass is 9.73. The van der Waals surface area contributed by atoms with Crippen LogP contribution in [0.3, 0.4) is 0 Å². The van der Waals surface area contributed by atoms with E-state index in [1.54, 1.807) is 0 Å². The van der Waals surface area contributed by atoms with E-state index in [0.717, 1.165) is 0 Å². The molecule has 2 bridgehead atoms. The van der Waals surface area contributed by atoms with Crippen LogP contribution in [0.4, 0.5) is 0 Å². The summed E-state index contributed by atoms with van der Waals surface area (Å²) in [5, 5.41) is 9.76. The van der Waals surface area contributed by atoms with Crippen LogP contribution in [0, 0.1) is 17.3 Å². The molecule has 5 nitrogen and oxygen atoms in total. The molecule has 2 saturated carbocycles. The van der Waals surface area contributed by atoms with E-state index in [1.165, 1.54) is 7.11 Å². The first-order chi connectivity index (χ1) is 7.11. The summed E-state index contributed by atoms with van der Waals surface area (Å²) >= 11 is 0. The molecule has 2 aliphatic carbocycles. The van der Waals surface area contributed by atoms with Gasteiger partial charge in [0.25, 0.3) is 0 Å². The topological polar surface area (TPSA) is 72.8 Å². The van der Waals surface area contributed by atoms with E-state index in [4.69, 9.17) is 9.47 Å². The Morgan fingerprint density at radius 3 is 3.00 bits per heavy atom. The lowest BCUT2D eigenvalue weighted by Gasteiger charge is -2.27. The molecule has 1 aliphatic heterocycles. The molecule has 3 fully saturated rings. The predicted octanol–water partition coefficient (Wildman–Crippen LogP) is -0.528. The van der Waals surface area contributed by atoms with Crippen LogP contribution in [0.25, 0.3) is 0 Å². The molecule has 0 spiro atoms. The Hall–Kier alpha value is -1.10. The number of aliphatic hydroxyl groups excluding tert-OH is 1. The molecule has 5 heteroatoms. The number of hydrogen-bond acceptors (Lipinski definition) is 5. The van der Waals surface area contributed by atoms with Crippen molar-refractivity contribution in [2.24, 2.45) is 17.3 Å². The normalized spacial score (nSPS) is 50.7. The van der Waals surface area contributed by atoms with Gasteiger partial charge in [-0.2, -0.15) is 0 Å². The lowest BCUT2D eigenvalue weighted by Crippen LogP contribution is -2.44. The highest BCUT2D eigenvalue weighted by Crippen LogP contribution is 2.62. The minimum absolute atomic E-state index is 0.00514. The molecular weight excluding hydrogens is 200 g/mol. The van der Waals surface area contributed by atoms with Crippen molar-refractivity contribution in [1.29, 1.82) is 0 Å². The fourth-order valence-electron chi connectivity index (χ4n) is 3.47. The van der Waals surface area contributed by atoms with Gasteiger partial charge in [-0.05, 0) is 18.8 Å². The molecule has 5 atom stereocenters. The summed E-state index contributed by atoms with van der Waals surface area (Å²) in [5.74, 6) is -1.19. The molecular formula is C10H12O5. The van der Waals surface area contributed by atoms with Crippen LogP contribution in [0.2, 0.25) is 0 Å². The molecule has 5 unspecified atom stereocenters. The lowest BCUT2D eigenvalue weighted by molar-refractivity contribution is -0.163. The zero-order valence-electron chi connectivity index (χ0n) is 8.30. The van der Waals surface area contributed by atoms with Crippen LogP contribution < -0.4 is 0 Å². The smallest absolute Gasteiger partial charge is 0.324 e. The third-order valence-corrected chi connectivity index (χ3v) is 4.15. The summed E-state index contributed by atoms with van der Waals surface area (Å²) in [5.41, 5.74) is -1.11. The fraction of sp³-hybridized carbons (Fsp3) is 0.800. The van der Waals surface area contributed by atoms with Crippen LogP contribution in [0.1, 0.15) is 12.8 Å². The van der Waals surface area contributed by atoms with Crippen molar-refractivity contribution in [3.63, 3.8) is 0 Å². The van der Waals surface area contributed by atoms with Crippen molar-refractivity contribution in [2.45, 2.75) is 25.0 Å². The van der Waals surface area contributed by atoms with Gasteiger partial charge in [0, 0.05) is 5.92 Å². The Kier molecular flexibility index (Phi) is 1.54. The quantitative estimate of drug-likeness (QED) is 0.467. The zero-order chi connectivity index (χ0) is 10.8. The van der Waals surface area contributed by atoms with Gasteiger partial charge in [-0.25, -0.2) is 0 Å². The predicted molar refractivity (Wildman–Crippen MR) is 46.5 cm³/mol. The van der Waals surface area contributed by atoms with Gasteiger partial charge in [0.15, 0.2) is 5.41 Å². The van der Waals surface area contributed by atoms with E-state index in [-0.39, 0.29) is 11.8 Å². The second-order valence-electron chi connectivity index (χ2n) is 4.63. The molecule has 3 rings (SSSR count). The third-order valence-electron chi connectivity index (χ3n) is 4.15. The SMILES string of the molecule is COC(=O)C12CC3CC1C(OC2=O)C3O. The minimum Gasteiger partial charge on any atom is -0.468 e. The number of carbonyl (C=O) groups excluding carboxylic acids is 2. The number of esters is 2. The van der Waals surface area contributed by atoms with Crippen molar-refractivity contribution < 1.29 is 24.2 Å². The Labute approximate surface area is 86.4 Å². The number of rotatable bonds is 1. The first-order valence-corrected chi connectivity index (χ1v) is 5.09. The summed E-state index contributed by atoms with van der Waals surface area (Å²) in [6.07, 6.45) is -0.0253. The van der Waals surface area contributed by atoms with Gasteiger partial charge >= 0.3 is 11.9 Å². The van der Waals surface area contributed by atoms with Gasteiger partial charge in [-0.3, -0.25) is 9.59 Å². The molecule has 3 aliphatic rings. The highest BCUT2D eigenvalue weighted by molar-refractivity contribution is 6.02. The molecule has 0 aromatic carbocycles. The standard InChI is InChI=1S/C10H12O5/c1-14-8(12)10-3-4-2-5(10)7(6(4)11)15-9(10)13/h4-7,11H,2-3H2,1H3. The molecule has 0 aromatic rings. The van der Waals surface area contributed by atoms with Gasteiger partial charge in [-0.15, -0.1) is 0 Å². The highest BCUT2D eigenvalue weighted by Gasteiger charge is 2.74. The number of carbonyl (C=O) groups is 2. The van der Waals surface area contributed by atoms with Crippen molar-refractivity contribution >= 4 is 11.9 Å². The average Bonchev–Trinajstić information content (AvgIpc) is 2.80. The van der Waals surface area contributed by atoms with E-state index in [9.17, 15) is 14.7 Å². The molecule has 0 amide bonds. The van der Waals surface area contributed by atoms with E-state index < -0.39 is 29.6 Å². The van der Waals surface area contributed by atoms with Gasteiger partial charge in [0.05, 0.1) is 13.2 Å². The summed E-state index contributed by atoms with van der Waals surface area (Å²) in [6.45, 7) is 0. The molecule has 1 heterocycles. The van der Waals surface area contributed by atoms with Gasteiger partial charge in [0.2, 0.25) is 0 Å². The Morgan fingerprint density at radius 2 is 2.40 bits per heavy atom.